The van der Waals surface area contributed by atoms with Gasteiger partial charge in [0.05, 0.1) is 27.8 Å². The van der Waals surface area contributed by atoms with E-state index in [2.05, 4.69) is 14.8 Å². The van der Waals surface area contributed by atoms with E-state index < -0.39 is 26.0 Å². The predicted octanol–water partition coefficient (Wildman–Crippen LogP) is 1.99. The number of aryl methyl sites for hydroxylation is 1. The summed E-state index contributed by atoms with van der Waals surface area (Å²) >= 11 is 0. The van der Waals surface area contributed by atoms with Gasteiger partial charge < -0.3 is 15.2 Å². The number of hydrogen-bond acceptors (Lipinski definition) is 7. The maximum Gasteiger partial charge on any atom is 0.303 e. The molecule has 0 saturated carbocycles. The van der Waals surface area contributed by atoms with Crippen molar-refractivity contribution in [2.45, 2.75) is 29.6 Å². The number of hydrogen-bond donors (Lipinski definition) is 4. The minimum atomic E-state index is -4.03. The van der Waals surface area contributed by atoms with Crippen molar-refractivity contribution in [1.29, 1.82) is 0 Å². The molecule has 0 aliphatic carbocycles. The number of aliphatic carboxylic acids is 1. The molecule has 0 fully saturated rings. The van der Waals surface area contributed by atoms with E-state index in [1.165, 1.54) is 43.4 Å². The molecule has 10 nitrogen and oxygen atoms in total. The predicted molar refractivity (Wildman–Crippen MR) is 117 cm³/mol. The highest BCUT2D eigenvalue weighted by Crippen LogP contribution is 2.29. The van der Waals surface area contributed by atoms with Crippen LogP contribution in [0.2, 0.25) is 0 Å². The molecule has 4 N–H and O–H groups in total. The SMILES string of the molecule is CNc1ccc(S(=O)(=O)NC)cc1NS(=O)(=O)c1ccc(OCCCC(=O)O)c(C)c1. The Bertz CT molecular complexity index is 1160. The lowest BCUT2D eigenvalue weighted by Crippen LogP contribution is -2.19. The van der Waals surface area contributed by atoms with E-state index in [-0.39, 0.29) is 28.5 Å². The molecule has 0 bridgehead atoms. The summed E-state index contributed by atoms with van der Waals surface area (Å²) in [6, 6.07) is 8.31. The lowest BCUT2D eigenvalue weighted by molar-refractivity contribution is -0.137. The number of anilines is 2. The zero-order chi connectivity index (χ0) is 23.2. The van der Waals surface area contributed by atoms with Gasteiger partial charge in [-0.05, 0) is 62.4 Å². The molecule has 0 aliphatic heterocycles. The molecule has 0 saturated heterocycles. The van der Waals surface area contributed by atoms with Gasteiger partial charge >= 0.3 is 5.97 Å². The molecule has 0 aromatic heterocycles. The molecule has 2 aromatic carbocycles. The monoisotopic (exact) mass is 471 g/mol. The molecule has 170 valence electrons. The van der Waals surface area contributed by atoms with Gasteiger partial charge in [0.1, 0.15) is 5.75 Å². The summed E-state index contributed by atoms with van der Waals surface area (Å²) in [5.74, 6) is -0.470. The first-order chi connectivity index (χ1) is 14.5. The number of sulfonamides is 2. The van der Waals surface area contributed by atoms with Crippen LogP contribution in [-0.4, -0.2) is 48.6 Å². The maximum atomic E-state index is 12.9. The van der Waals surface area contributed by atoms with E-state index in [1.807, 2.05) is 0 Å². The summed E-state index contributed by atoms with van der Waals surface area (Å²) < 4.78 is 60.0. The van der Waals surface area contributed by atoms with Crippen LogP contribution in [0.3, 0.4) is 0 Å². The van der Waals surface area contributed by atoms with E-state index >= 15 is 0 Å². The van der Waals surface area contributed by atoms with E-state index in [1.54, 1.807) is 14.0 Å². The van der Waals surface area contributed by atoms with Crippen LogP contribution in [-0.2, 0) is 24.8 Å². The molecule has 2 rings (SSSR count). The first-order valence-corrected chi connectivity index (χ1v) is 12.2. The van der Waals surface area contributed by atoms with Crippen LogP contribution in [0.1, 0.15) is 18.4 Å². The van der Waals surface area contributed by atoms with Gasteiger partial charge in [-0.1, -0.05) is 0 Å². The van der Waals surface area contributed by atoms with Crippen molar-refractivity contribution in [3.8, 4) is 5.75 Å². The van der Waals surface area contributed by atoms with Gasteiger partial charge in [0.25, 0.3) is 10.0 Å². The molecule has 2 aromatic rings. The molecule has 0 atom stereocenters. The Morgan fingerprint density at radius 1 is 0.968 bits per heavy atom. The van der Waals surface area contributed by atoms with Crippen LogP contribution < -0.4 is 19.5 Å². The fraction of sp³-hybridized carbons (Fsp3) is 0.316. The van der Waals surface area contributed by atoms with Crippen molar-refractivity contribution >= 4 is 37.4 Å². The standard InChI is InChI=1S/C19H25N3O7S2/c1-13-11-14(7-9-18(13)29-10-4-5-19(23)24)31(27,28)22-17-12-15(30(25,26)21-3)6-8-16(17)20-2/h6-9,11-12,20-22H,4-5,10H2,1-3H3,(H,23,24). The average molecular weight is 472 g/mol. The highest BCUT2D eigenvalue weighted by atomic mass is 32.2. The van der Waals surface area contributed by atoms with Crippen molar-refractivity contribution in [1.82, 2.24) is 4.72 Å². The van der Waals surface area contributed by atoms with Gasteiger partial charge in [0.2, 0.25) is 10.0 Å². The van der Waals surface area contributed by atoms with Gasteiger partial charge in [-0.15, -0.1) is 0 Å². The van der Waals surface area contributed by atoms with Crippen molar-refractivity contribution < 1.29 is 31.5 Å². The molecule has 0 unspecified atom stereocenters. The quantitative estimate of drug-likeness (QED) is 0.363. The molecule has 0 amide bonds. The normalized spacial score (nSPS) is 11.7. The minimum absolute atomic E-state index is 0.0223. The smallest absolute Gasteiger partial charge is 0.303 e. The molecule has 12 heteroatoms. The van der Waals surface area contributed by atoms with Gasteiger partial charge in [0.15, 0.2) is 0 Å². The van der Waals surface area contributed by atoms with Gasteiger partial charge in [-0.2, -0.15) is 0 Å². The van der Waals surface area contributed by atoms with Crippen LogP contribution in [0.15, 0.2) is 46.2 Å². The van der Waals surface area contributed by atoms with E-state index in [9.17, 15) is 21.6 Å². The zero-order valence-electron chi connectivity index (χ0n) is 17.3. The zero-order valence-corrected chi connectivity index (χ0v) is 18.9. The second kappa shape index (κ2) is 9.98. The number of benzene rings is 2. The third kappa shape index (κ3) is 6.32. The molecule has 0 aliphatic rings. The highest BCUT2D eigenvalue weighted by molar-refractivity contribution is 7.92. The molecule has 0 radical (unpaired) electrons. The summed E-state index contributed by atoms with van der Waals surface area (Å²) in [6.45, 7) is 1.86. The van der Waals surface area contributed by atoms with E-state index in [0.29, 0.717) is 23.4 Å². The Balaban J connectivity index is 2.27. The summed E-state index contributed by atoms with van der Waals surface area (Å²) in [6.07, 6.45) is 0.306. The lowest BCUT2D eigenvalue weighted by Gasteiger charge is -2.15. The van der Waals surface area contributed by atoms with Crippen molar-refractivity contribution in [2.24, 2.45) is 0 Å². The Hall–Kier alpha value is -2.83. The van der Waals surface area contributed by atoms with E-state index in [0.717, 1.165) is 0 Å². The fourth-order valence-electron chi connectivity index (χ4n) is 2.67. The minimum Gasteiger partial charge on any atom is -0.493 e. The number of rotatable bonds is 11. The van der Waals surface area contributed by atoms with Crippen LogP contribution in [0.25, 0.3) is 0 Å². The molecular weight excluding hydrogens is 446 g/mol. The summed E-state index contributed by atoms with van der Waals surface area (Å²) in [5, 5.41) is 11.5. The highest BCUT2D eigenvalue weighted by Gasteiger charge is 2.20. The molecule has 0 spiro atoms. The Morgan fingerprint density at radius 2 is 1.61 bits per heavy atom. The summed E-state index contributed by atoms with van der Waals surface area (Å²) in [7, 11) is -4.94. The molecular formula is C19H25N3O7S2. The van der Waals surface area contributed by atoms with Crippen LogP contribution in [0.4, 0.5) is 11.4 Å². The number of carbonyl (C=O) groups is 1. The van der Waals surface area contributed by atoms with Crippen LogP contribution in [0.5, 0.6) is 5.75 Å². The Labute approximate surface area is 181 Å². The topological polar surface area (TPSA) is 151 Å². The van der Waals surface area contributed by atoms with Crippen LogP contribution in [0, 0.1) is 6.92 Å². The van der Waals surface area contributed by atoms with Crippen molar-refractivity contribution in [2.75, 3.05) is 30.7 Å². The van der Waals surface area contributed by atoms with Gasteiger partial charge in [-0.3, -0.25) is 9.52 Å². The van der Waals surface area contributed by atoms with Crippen molar-refractivity contribution in [3.05, 3.63) is 42.0 Å². The second-order valence-corrected chi connectivity index (χ2v) is 10.1. The Morgan fingerprint density at radius 3 is 2.19 bits per heavy atom. The third-order valence-corrected chi connectivity index (χ3v) is 7.11. The van der Waals surface area contributed by atoms with Gasteiger partial charge in [0, 0.05) is 13.5 Å². The fourth-order valence-corrected chi connectivity index (χ4v) is 4.58. The first-order valence-electron chi connectivity index (χ1n) is 9.23. The maximum absolute atomic E-state index is 12.9. The molecule has 31 heavy (non-hydrogen) atoms. The number of carboxylic acid groups (broad SMARTS) is 1. The number of ether oxygens (including phenoxy) is 1. The Kier molecular flexibility index (Phi) is 7.87. The van der Waals surface area contributed by atoms with E-state index in [4.69, 9.17) is 9.84 Å². The number of carboxylic acids is 1. The largest absolute Gasteiger partial charge is 0.493 e. The second-order valence-electron chi connectivity index (χ2n) is 6.54. The summed E-state index contributed by atoms with van der Waals surface area (Å²) in [4.78, 5) is 10.4. The van der Waals surface area contributed by atoms with Crippen molar-refractivity contribution in [3.63, 3.8) is 0 Å². The first kappa shape index (κ1) is 24.4. The summed E-state index contributed by atoms with van der Waals surface area (Å²) in [5.41, 5.74) is 1.03. The lowest BCUT2D eigenvalue weighted by atomic mass is 10.2. The van der Waals surface area contributed by atoms with Crippen LogP contribution >= 0.6 is 0 Å². The van der Waals surface area contributed by atoms with Gasteiger partial charge in [-0.25, -0.2) is 21.6 Å². The number of nitrogens with one attached hydrogen (secondary N) is 3. The molecule has 0 heterocycles. The average Bonchev–Trinajstić information content (AvgIpc) is 2.71. The third-order valence-electron chi connectivity index (χ3n) is 4.33.